The number of oxazole rings is 1. The molecule has 150 valence electrons. The van der Waals surface area contributed by atoms with E-state index in [2.05, 4.69) is 35.0 Å². The molecular formula is C23H25N3O2S. The number of anilines is 2. The summed E-state index contributed by atoms with van der Waals surface area (Å²) in [6.07, 6.45) is 2.69. The van der Waals surface area contributed by atoms with Crippen LogP contribution >= 0.6 is 11.8 Å². The third-order valence-electron chi connectivity index (χ3n) is 5.91. The molecule has 2 aromatic carbocycles. The molecule has 5 nitrogen and oxygen atoms in total. The van der Waals surface area contributed by atoms with Crippen molar-refractivity contribution in [3.63, 3.8) is 0 Å². The van der Waals surface area contributed by atoms with Crippen LogP contribution in [-0.2, 0) is 4.79 Å². The third-order valence-corrected chi connectivity index (χ3v) is 7.14. The van der Waals surface area contributed by atoms with Gasteiger partial charge in [0, 0.05) is 35.7 Å². The number of hydrogen-bond acceptors (Lipinski definition) is 5. The normalized spacial score (nSPS) is 20.5. The van der Waals surface area contributed by atoms with Crippen molar-refractivity contribution in [2.45, 2.75) is 36.3 Å². The Morgan fingerprint density at radius 3 is 2.62 bits per heavy atom. The van der Waals surface area contributed by atoms with Crippen LogP contribution in [0.1, 0.15) is 26.2 Å². The molecule has 1 saturated heterocycles. The Bertz CT molecular complexity index is 993. The first-order valence-electron chi connectivity index (χ1n) is 10.4. The van der Waals surface area contributed by atoms with E-state index >= 15 is 0 Å². The van der Waals surface area contributed by atoms with Crippen LogP contribution in [0.2, 0.25) is 0 Å². The molecule has 1 unspecified atom stereocenters. The molecule has 5 rings (SSSR count). The average Bonchev–Trinajstić information content (AvgIpc) is 3.11. The van der Waals surface area contributed by atoms with Crippen molar-refractivity contribution in [1.82, 2.24) is 4.98 Å². The first kappa shape index (κ1) is 18.6. The summed E-state index contributed by atoms with van der Waals surface area (Å²) in [5, 5.41) is 0.523. The summed E-state index contributed by atoms with van der Waals surface area (Å²) in [5.41, 5.74) is 2.77. The highest BCUT2D eigenvalue weighted by atomic mass is 32.2. The van der Waals surface area contributed by atoms with Gasteiger partial charge < -0.3 is 14.2 Å². The lowest BCUT2D eigenvalue weighted by atomic mass is 9.95. The van der Waals surface area contributed by atoms with Gasteiger partial charge in [0.2, 0.25) is 5.91 Å². The summed E-state index contributed by atoms with van der Waals surface area (Å²) in [4.78, 5) is 23.4. The second-order valence-corrected chi connectivity index (χ2v) is 9.38. The van der Waals surface area contributed by atoms with E-state index < -0.39 is 0 Å². The van der Waals surface area contributed by atoms with Gasteiger partial charge in [0.1, 0.15) is 5.52 Å². The minimum absolute atomic E-state index is 0.0575. The summed E-state index contributed by atoms with van der Waals surface area (Å²) < 4.78 is 5.91. The molecule has 0 radical (unpaired) electrons. The van der Waals surface area contributed by atoms with E-state index in [1.54, 1.807) is 0 Å². The van der Waals surface area contributed by atoms with E-state index in [0.29, 0.717) is 11.3 Å². The molecule has 0 spiro atoms. The van der Waals surface area contributed by atoms with Crippen molar-refractivity contribution in [2.75, 3.05) is 29.4 Å². The zero-order valence-electron chi connectivity index (χ0n) is 16.6. The second kappa shape index (κ2) is 7.75. The second-order valence-electron chi connectivity index (χ2n) is 7.90. The van der Waals surface area contributed by atoms with Gasteiger partial charge in [-0.2, -0.15) is 4.98 Å². The summed E-state index contributed by atoms with van der Waals surface area (Å²) in [6, 6.07) is 16.8. The fraction of sp³-hybridized carbons (Fsp3) is 0.391. The van der Waals surface area contributed by atoms with Gasteiger partial charge in [-0.05, 0) is 43.5 Å². The van der Waals surface area contributed by atoms with Crippen molar-refractivity contribution in [3.8, 4) is 0 Å². The van der Waals surface area contributed by atoms with Gasteiger partial charge in [0.25, 0.3) is 6.01 Å². The van der Waals surface area contributed by atoms with Crippen molar-refractivity contribution < 1.29 is 9.21 Å². The lowest BCUT2D eigenvalue weighted by molar-refractivity contribution is -0.123. The Hall–Kier alpha value is -2.47. The van der Waals surface area contributed by atoms with Crippen LogP contribution in [0.5, 0.6) is 0 Å². The summed E-state index contributed by atoms with van der Waals surface area (Å²) in [6.45, 7) is 4.64. The monoisotopic (exact) mass is 407 g/mol. The van der Waals surface area contributed by atoms with Gasteiger partial charge in [-0.3, -0.25) is 4.79 Å². The Morgan fingerprint density at radius 1 is 1.03 bits per heavy atom. The zero-order valence-corrected chi connectivity index (χ0v) is 17.4. The smallest absolute Gasteiger partial charge is 0.298 e. The number of thioether (sulfide) groups is 1. The van der Waals surface area contributed by atoms with E-state index in [1.807, 2.05) is 47.0 Å². The highest BCUT2D eigenvalue weighted by Crippen LogP contribution is 2.38. The maximum absolute atomic E-state index is 13.4. The molecule has 0 saturated carbocycles. The standard InChI is InChI=1S/C23H25N3O2S/c1-16-10-15-26(19-7-3-5-9-21(19)29-16)22(27)17-11-13-25(14-12-17)23-24-18-6-2-4-8-20(18)28-23/h2-9,16-17H,10-15H2,1H3. The summed E-state index contributed by atoms with van der Waals surface area (Å²) >= 11 is 1.88. The van der Waals surface area contributed by atoms with Crippen LogP contribution in [0.15, 0.2) is 57.8 Å². The van der Waals surface area contributed by atoms with Gasteiger partial charge in [-0.25, -0.2) is 0 Å². The molecule has 1 amide bonds. The van der Waals surface area contributed by atoms with Crippen LogP contribution in [-0.4, -0.2) is 35.8 Å². The van der Waals surface area contributed by atoms with Gasteiger partial charge in [0.05, 0.1) is 5.69 Å². The number of fused-ring (bicyclic) bond motifs is 2. The van der Waals surface area contributed by atoms with Gasteiger partial charge in [-0.1, -0.05) is 31.2 Å². The number of hydrogen-bond donors (Lipinski definition) is 0. The molecule has 0 bridgehead atoms. The molecule has 1 aromatic heterocycles. The number of para-hydroxylation sites is 3. The maximum atomic E-state index is 13.4. The van der Waals surface area contributed by atoms with Crippen LogP contribution in [0.3, 0.4) is 0 Å². The Kier molecular flexibility index (Phi) is 4.96. The third kappa shape index (κ3) is 3.62. The van der Waals surface area contributed by atoms with Crippen LogP contribution in [0.4, 0.5) is 11.7 Å². The molecule has 1 fully saturated rings. The summed E-state index contributed by atoms with van der Waals surface area (Å²) in [7, 11) is 0. The molecule has 2 aliphatic rings. The van der Waals surface area contributed by atoms with E-state index in [9.17, 15) is 4.79 Å². The largest absolute Gasteiger partial charge is 0.423 e. The minimum Gasteiger partial charge on any atom is -0.423 e. The van der Waals surface area contributed by atoms with Crippen LogP contribution in [0.25, 0.3) is 11.1 Å². The Labute approximate surface area is 175 Å². The van der Waals surface area contributed by atoms with Crippen molar-refractivity contribution in [3.05, 3.63) is 48.5 Å². The highest BCUT2D eigenvalue weighted by Gasteiger charge is 2.32. The van der Waals surface area contributed by atoms with Gasteiger partial charge in [0.15, 0.2) is 5.58 Å². The fourth-order valence-corrected chi connectivity index (χ4v) is 5.36. The zero-order chi connectivity index (χ0) is 19.8. The van der Waals surface area contributed by atoms with Gasteiger partial charge in [-0.15, -0.1) is 11.8 Å². The molecule has 1 atom stereocenters. The lowest BCUT2D eigenvalue weighted by Gasteiger charge is -2.33. The van der Waals surface area contributed by atoms with Crippen LogP contribution in [0, 0.1) is 5.92 Å². The van der Waals surface area contributed by atoms with Gasteiger partial charge >= 0.3 is 0 Å². The average molecular weight is 408 g/mol. The molecule has 0 N–H and O–H groups in total. The molecule has 3 heterocycles. The SMILES string of the molecule is CC1CCN(C(=O)C2CCN(c3nc4ccccc4o3)CC2)c2ccccc2S1. The topological polar surface area (TPSA) is 49.6 Å². The number of benzene rings is 2. The van der Waals surface area contributed by atoms with Crippen molar-refractivity contribution in [2.24, 2.45) is 5.92 Å². The predicted octanol–water partition coefficient (Wildman–Crippen LogP) is 4.96. The Morgan fingerprint density at radius 2 is 1.79 bits per heavy atom. The predicted molar refractivity (Wildman–Crippen MR) is 118 cm³/mol. The molecular weight excluding hydrogens is 382 g/mol. The number of amides is 1. The quantitative estimate of drug-likeness (QED) is 0.601. The first-order chi connectivity index (χ1) is 14.2. The maximum Gasteiger partial charge on any atom is 0.298 e. The lowest BCUT2D eigenvalue weighted by Crippen LogP contribution is -2.43. The molecule has 6 heteroatoms. The first-order valence-corrected chi connectivity index (χ1v) is 11.2. The molecule has 0 aliphatic carbocycles. The number of piperidine rings is 1. The number of nitrogens with zero attached hydrogens (tertiary/aromatic N) is 3. The van der Waals surface area contributed by atoms with Crippen LogP contribution < -0.4 is 9.80 Å². The van der Waals surface area contributed by atoms with E-state index in [0.717, 1.165) is 55.7 Å². The highest BCUT2D eigenvalue weighted by molar-refractivity contribution is 8.00. The molecule has 2 aliphatic heterocycles. The summed E-state index contributed by atoms with van der Waals surface area (Å²) in [5.74, 6) is 0.325. The number of carbonyl (C=O) groups excluding carboxylic acids is 1. The van der Waals surface area contributed by atoms with E-state index in [1.165, 1.54) is 4.90 Å². The minimum atomic E-state index is 0.0575. The Balaban J connectivity index is 1.30. The number of rotatable bonds is 2. The molecule has 3 aromatic rings. The van der Waals surface area contributed by atoms with E-state index in [4.69, 9.17) is 4.42 Å². The van der Waals surface area contributed by atoms with Crippen molar-refractivity contribution >= 4 is 40.5 Å². The van der Waals surface area contributed by atoms with E-state index in [-0.39, 0.29) is 11.8 Å². The number of carbonyl (C=O) groups is 1. The fourth-order valence-electron chi connectivity index (χ4n) is 4.25. The molecule has 29 heavy (non-hydrogen) atoms. The number of aromatic nitrogens is 1. The van der Waals surface area contributed by atoms with Crippen molar-refractivity contribution in [1.29, 1.82) is 0 Å².